The topological polar surface area (TPSA) is 0 Å². The van der Waals surface area contributed by atoms with Crippen LogP contribution in [0.5, 0.6) is 0 Å². The van der Waals surface area contributed by atoms with Crippen LogP contribution in [-0.4, -0.2) is 0 Å². The molecule has 0 heteroatoms. The molecule has 0 aromatic heterocycles. The van der Waals surface area contributed by atoms with Gasteiger partial charge in [-0.3, -0.25) is 0 Å². The maximum atomic E-state index is 2.53. The third-order valence-corrected chi connectivity index (χ3v) is 10.1. The van der Waals surface area contributed by atoms with E-state index in [1.54, 1.807) is 0 Å². The summed E-state index contributed by atoms with van der Waals surface area (Å²) in [5.74, 6) is 0.105. The average molecular weight is 573 g/mol. The molecule has 0 radical (unpaired) electrons. The highest BCUT2D eigenvalue weighted by molar-refractivity contribution is 5.95. The van der Waals surface area contributed by atoms with Crippen LogP contribution in [-0.2, 0) is 5.41 Å². The predicted octanol–water partition coefficient (Wildman–Crippen LogP) is 11.2. The minimum atomic E-state index is -0.343. The van der Waals surface area contributed by atoms with E-state index in [-0.39, 0.29) is 11.3 Å². The van der Waals surface area contributed by atoms with Crippen LogP contribution in [0, 0.1) is 6.92 Å². The second-order valence-corrected chi connectivity index (χ2v) is 12.5. The van der Waals surface area contributed by atoms with Crippen LogP contribution in [0.1, 0.15) is 50.4 Å². The Labute approximate surface area is 265 Å². The van der Waals surface area contributed by atoms with Gasteiger partial charge in [0.05, 0.1) is 5.41 Å². The van der Waals surface area contributed by atoms with Gasteiger partial charge in [-0.05, 0) is 79.2 Å². The van der Waals surface area contributed by atoms with E-state index in [0.717, 1.165) is 0 Å². The summed E-state index contributed by atoms with van der Waals surface area (Å²) in [7, 11) is 0. The summed E-state index contributed by atoms with van der Waals surface area (Å²) in [6, 6.07) is 63.4. The van der Waals surface area contributed by atoms with Crippen LogP contribution in [0.4, 0.5) is 0 Å². The Kier molecular flexibility index (Phi) is 5.80. The fourth-order valence-electron chi connectivity index (χ4n) is 8.13. The van der Waals surface area contributed by atoms with Gasteiger partial charge in [-0.15, -0.1) is 0 Å². The molecule has 0 heterocycles. The Balaban J connectivity index is 1.28. The molecule has 2 aliphatic carbocycles. The molecule has 212 valence electrons. The quantitative estimate of drug-likeness (QED) is 0.184. The van der Waals surface area contributed by atoms with Gasteiger partial charge < -0.3 is 0 Å². The molecule has 0 aliphatic heterocycles. The van der Waals surface area contributed by atoms with E-state index < -0.39 is 0 Å². The van der Waals surface area contributed by atoms with E-state index in [4.69, 9.17) is 0 Å². The Bertz CT molecular complexity index is 2140. The maximum Gasteiger partial charge on any atom is 0.0725 e. The highest BCUT2D eigenvalue weighted by Crippen LogP contribution is 2.63. The smallest absolute Gasteiger partial charge is 0.0622 e. The summed E-state index contributed by atoms with van der Waals surface area (Å²) in [6.07, 6.45) is 0. The largest absolute Gasteiger partial charge is 0.0725 e. The fraction of sp³-hybridized carbons (Fsp3) is 0.0667. The molecule has 2 aliphatic rings. The van der Waals surface area contributed by atoms with Crippen LogP contribution in [0.3, 0.4) is 0 Å². The third kappa shape index (κ3) is 3.79. The zero-order chi connectivity index (χ0) is 30.0. The van der Waals surface area contributed by atoms with E-state index in [1.807, 2.05) is 0 Å². The van der Waals surface area contributed by atoms with Gasteiger partial charge in [0.1, 0.15) is 0 Å². The van der Waals surface area contributed by atoms with Crippen LogP contribution < -0.4 is 0 Å². The number of hydrogen-bond donors (Lipinski definition) is 0. The highest BCUT2D eigenvalue weighted by atomic mass is 14.5. The van der Waals surface area contributed by atoms with Gasteiger partial charge in [-0.1, -0.05) is 175 Å². The molecular formula is C45H32. The van der Waals surface area contributed by atoms with Gasteiger partial charge in [-0.25, -0.2) is 0 Å². The summed E-state index contributed by atoms with van der Waals surface area (Å²) < 4.78 is 0. The van der Waals surface area contributed by atoms with E-state index >= 15 is 0 Å². The first-order valence-electron chi connectivity index (χ1n) is 15.9. The summed E-state index contributed by atoms with van der Waals surface area (Å²) in [4.78, 5) is 0. The Hall–Kier alpha value is -5.46. The van der Waals surface area contributed by atoms with Crippen molar-refractivity contribution in [1.82, 2.24) is 0 Å². The van der Waals surface area contributed by atoms with Crippen LogP contribution in [0.2, 0.25) is 0 Å². The lowest BCUT2D eigenvalue weighted by atomic mass is 9.70. The number of hydrogen-bond acceptors (Lipinski definition) is 0. The van der Waals surface area contributed by atoms with Gasteiger partial charge in [0.25, 0.3) is 0 Å². The first-order valence-corrected chi connectivity index (χ1v) is 15.9. The lowest BCUT2D eigenvalue weighted by Gasteiger charge is -2.31. The molecule has 0 unspecified atom stereocenters. The molecule has 45 heavy (non-hydrogen) atoms. The van der Waals surface area contributed by atoms with E-state index in [2.05, 4.69) is 177 Å². The SMILES string of the molecule is Cc1ccc([C@@H](c2ccc(-c3ccccc3)cc2)c2ccc3c(c2)C2(c4ccccc4-c4ccccc42)c2ccccc2-3)cc1. The zero-order valence-electron chi connectivity index (χ0n) is 25.2. The van der Waals surface area contributed by atoms with Gasteiger partial charge in [0, 0.05) is 5.92 Å². The second kappa shape index (κ2) is 10.0. The Morgan fingerprint density at radius 1 is 0.356 bits per heavy atom. The highest BCUT2D eigenvalue weighted by Gasteiger charge is 2.51. The lowest BCUT2D eigenvalue weighted by Crippen LogP contribution is -2.26. The number of rotatable bonds is 4. The van der Waals surface area contributed by atoms with Crippen molar-refractivity contribution < 1.29 is 0 Å². The Morgan fingerprint density at radius 2 is 0.778 bits per heavy atom. The standard InChI is InChI=1S/C45H32/c1-30-19-21-33(22-20-30)44(34-25-23-32(24-26-34)31-11-3-2-4-12-31)35-27-28-39-38-15-7-10-18-42(38)45(43(39)29-35)40-16-8-5-13-36(40)37-14-6-9-17-41(37)45/h2-29,44H,1H3/t44-/m0/s1. The zero-order valence-corrected chi connectivity index (χ0v) is 25.2. The number of aryl methyl sites for hydroxylation is 1. The van der Waals surface area contributed by atoms with Gasteiger partial charge in [0.15, 0.2) is 0 Å². The molecule has 7 aromatic rings. The minimum Gasteiger partial charge on any atom is -0.0622 e. The van der Waals surface area contributed by atoms with Crippen molar-refractivity contribution >= 4 is 0 Å². The molecule has 0 amide bonds. The molecule has 0 N–H and O–H groups in total. The van der Waals surface area contributed by atoms with Crippen molar-refractivity contribution in [3.05, 3.63) is 214 Å². The molecule has 1 atom stereocenters. The van der Waals surface area contributed by atoms with Crippen LogP contribution in [0.25, 0.3) is 33.4 Å². The summed E-state index contributed by atoms with van der Waals surface area (Å²) in [6.45, 7) is 2.17. The van der Waals surface area contributed by atoms with Crippen molar-refractivity contribution in [3.63, 3.8) is 0 Å². The van der Waals surface area contributed by atoms with Crippen molar-refractivity contribution in [3.8, 4) is 33.4 Å². The van der Waals surface area contributed by atoms with Gasteiger partial charge in [0.2, 0.25) is 0 Å². The van der Waals surface area contributed by atoms with Crippen LogP contribution >= 0.6 is 0 Å². The summed E-state index contributed by atoms with van der Waals surface area (Å²) in [5, 5.41) is 0. The lowest BCUT2D eigenvalue weighted by molar-refractivity contribution is 0.789. The minimum absolute atomic E-state index is 0.105. The third-order valence-electron chi connectivity index (χ3n) is 10.1. The molecule has 0 fully saturated rings. The van der Waals surface area contributed by atoms with Gasteiger partial charge in [-0.2, -0.15) is 0 Å². The number of benzene rings is 7. The van der Waals surface area contributed by atoms with E-state index in [1.165, 1.54) is 77.9 Å². The van der Waals surface area contributed by atoms with E-state index in [9.17, 15) is 0 Å². The molecule has 0 bridgehead atoms. The second-order valence-electron chi connectivity index (χ2n) is 12.5. The monoisotopic (exact) mass is 572 g/mol. The van der Waals surface area contributed by atoms with Crippen LogP contribution in [0.15, 0.2) is 170 Å². The van der Waals surface area contributed by atoms with Crippen molar-refractivity contribution in [2.24, 2.45) is 0 Å². The molecule has 0 saturated heterocycles. The molecule has 0 saturated carbocycles. The predicted molar refractivity (Wildman–Crippen MR) is 187 cm³/mol. The first kappa shape index (κ1) is 26.0. The van der Waals surface area contributed by atoms with Crippen molar-refractivity contribution in [1.29, 1.82) is 0 Å². The molecule has 0 nitrogen and oxygen atoms in total. The van der Waals surface area contributed by atoms with Crippen molar-refractivity contribution in [2.45, 2.75) is 18.3 Å². The molecule has 9 rings (SSSR count). The molecular weight excluding hydrogens is 540 g/mol. The van der Waals surface area contributed by atoms with Gasteiger partial charge >= 0.3 is 0 Å². The van der Waals surface area contributed by atoms with Crippen molar-refractivity contribution in [2.75, 3.05) is 0 Å². The first-order chi connectivity index (χ1) is 22.2. The number of fused-ring (bicyclic) bond motifs is 10. The maximum absolute atomic E-state index is 2.53. The normalized spacial score (nSPS) is 14.0. The Morgan fingerprint density at radius 3 is 1.33 bits per heavy atom. The summed E-state index contributed by atoms with van der Waals surface area (Å²) in [5.41, 5.74) is 18.2. The molecule has 7 aromatic carbocycles. The molecule has 1 spiro atoms. The average Bonchev–Trinajstić information content (AvgIpc) is 3.57. The fourth-order valence-corrected chi connectivity index (χ4v) is 8.13. The van der Waals surface area contributed by atoms with E-state index in [0.29, 0.717) is 0 Å². The summed E-state index contributed by atoms with van der Waals surface area (Å²) >= 11 is 0.